The third kappa shape index (κ3) is 7.89. The molecule has 8 nitrogen and oxygen atoms in total. The zero-order chi connectivity index (χ0) is 23.5. The Morgan fingerprint density at radius 1 is 1.12 bits per heavy atom. The van der Waals surface area contributed by atoms with E-state index in [2.05, 4.69) is 39.2 Å². The Morgan fingerprint density at radius 3 is 2.61 bits per heavy atom. The minimum absolute atomic E-state index is 0.401. The van der Waals surface area contributed by atoms with Gasteiger partial charge in [0.05, 0.1) is 23.3 Å². The summed E-state index contributed by atoms with van der Waals surface area (Å²) in [5.74, 6) is 0.873. The number of hydrogen-bond acceptors (Lipinski definition) is 8. The number of nitrogen functional groups attached to an aromatic ring is 1. The van der Waals surface area contributed by atoms with Gasteiger partial charge >= 0.3 is 6.01 Å². The smallest absolute Gasteiger partial charge is 0.319 e. The highest BCUT2D eigenvalue weighted by Crippen LogP contribution is 2.20. The second-order valence-electron chi connectivity index (χ2n) is 8.63. The summed E-state index contributed by atoms with van der Waals surface area (Å²) in [6, 6.07) is 8.19. The fourth-order valence-corrected chi connectivity index (χ4v) is 3.99. The standard InChI is InChI=1S/C25H39N7O/c1-4-11-32(12-5-2)24-18-21(19-27-30-23-17-20(3)9-10-22(23)26)28-25(29-24)33-16-15-31-13-7-6-8-14-31/h9-10,17-19,30H,4-8,11-16,26H2,1-3H3/b27-19+. The fraction of sp³-hybridized carbons (Fsp3) is 0.560. The van der Waals surface area contributed by atoms with Crippen LogP contribution in [0.5, 0.6) is 6.01 Å². The van der Waals surface area contributed by atoms with Crippen molar-refractivity contribution in [3.05, 3.63) is 35.5 Å². The van der Waals surface area contributed by atoms with Crippen molar-refractivity contribution in [3.63, 3.8) is 0 Å². The van der Waals surface area contributed by atoms with Gasteiger partial charge in [0.1, 0.15) is 12.4 Å². The van der Waals surface area contributed by atoms with Crippen LogP contribution in [0.4, 0.5) is 17.2 Å². The van der Waals surface area contributed by atoms with E-state index < -0.39 is 0 Å². The quantitative estimate of drug-likeness (QED) is 0.281. The molecule has 180 valence electrons. The topological polar surface area (TPSA) is 91.9 Å². The number of anilines is 3. The third-order valence-electron chi connectivity index (χ3n) is 5.70. The molecule has 1 saturated heterocycles. The second kappa shape index (κ2) is 13.0. The molecule has 2 heterocycles. The van der Waals surface area contributed by atoms with Crippen molar-refractivity contribution >= 4 is 23.4 Å². The molecular formula is C25H39N7O. The van der Waals surface area contributed by atoms with Gasteiger partial charge in [0.25, 0.3) is 0 Å². The number of aryl methyl sites for hydroxylation is 1. The van der Waals surface area contributed by atoms with Crippen molar-refractivity contribution in [1.82, 2.24) is 14.9 Å². The molecule has 0 aliphatic carbocycles. The lowest BCUT2D eigenvalue weighted by atomic mass is 10.1. The van der Waals surface area contributed by atoms with Crippen molar-refractivity contribution < 1.29 is 4.74 Å². The van der Waals surface area contributed by atoms with Gasteiger partial charge in [-0.15, -0.1) is 0 Å². The summed E-state index contributed by atoms with van der Waals surface area (Å²) < 4.78 is 6.00. The zero-order valence-electron chi connectivity index (χ0n) is 20.4. The Balaban J connectivity index is 1.74. The maximum Gasteiger partial charge on any atom is 0.319 e. The van der Waals surface area contributed by atoms with Gasteiger partial charge in [-0.25, -0.2) is 0 Å². The van der Waals surface area contributed by atoms with Crippen molar-refractivity contribution in [3.8, 4) is 6.01 Å². The largest absolute Gasteiger partial charge is 0.462 e. The monoisotopic (exact) mass is 453 g/mol. The Morgan fingerprint density at radius 2 is 1.88 bits per heavy atom. The molecule has 33 heavy (non-hydrogen) atoms. The van der Waals surface area contributed by atoms with E-state index in [0.717, 1.165) is 62.6 Å². The van der Waals surface area contributed by atoms with E-state index in [9.17, 15) is 0 Å². The van der Waals surface area contributed by atoms with Crippen LogP contribution in [0.1, 0.15) is 57.2 Å². The molecule has 0 spiro atoms. The van der Waals surface area contributed by atoms with Gasteiger partial charge in [0.2, 0.25) is 0 Å². The van der Waals surface area contributed by atoms with Crippen LogP contribution in [-0.2, 0) is 0 Å². The maximum atomic E-state index is 6.05. The summed E-state index contributed by atoms with van der Waals surface area (Å²) >= 11 is 0. The molecule has 1 aromatic carbocycles. The van der Waals surface area contributed by atoms with Crippen LogP contribution in [0, 0.1) is 6.92 Å². The minimum Gasteiger partial charge on any atom is -0.462 e. The van der Waals surface area contributed by atoms with Crippen LogP contribution in [0.15, 0.2) is 29.4 Å². The number of nitrogens with two attached hydrogens (primary N) is 1. The third-order valence-corrected chi connectivity index (χ3v) is 5.70. The number of nitrogens with one attached hydrogen (secondary N) is 1. The van der Waals surface area contributed by atoms with E-state index in [0.29, 0.717) is 24.0 Å². The maximum absolute atomic E-state index is 6.05. The SMILES string of the molecule is CCCN(CCC)c1cc(/C=N/Nc2cc(C)ccc2N)nc(OCCN2CCCCC2)n1. The summed E-state index contributed by atoms with van der Waals surface area (Å²) in [7, 11) is 0. The van der Waals surface area contributed by atoms with Gasteiger partial charge in [-0.05, 0) is 63.4 Å². The highest BCUT2D eigenvalue weighted by Gasteiger charge is 2.13. The number of likely N-dealkylation sites (tertiary alicyclic amines) is 1. The second-order valence-corrected chi connectivity index (χ2v) is 8.63. The van der Waals surface area contributed by atoms with E-state index in [1.54, 1.807) is 6.21 Å². The average Bonchev–Trinajstić information content (AvgIpc) is 2.82. The number of hydrazone groups is 1. The number of ether oxygens (including phenoxy) is 1. The Hall–Kier alpha value is -2.87. The molecule has 1 fully saturated rings. The van der Waals surface area contributed by atoms with Crippen LogP contribution in [0.25, 0.3) is 0 Å². The normalized spacial score (nSPS) is 14.5. The molecule has 0 atom stereocenters. The molecule has 3 N–H and O–H groups in total. The Kier molecular flexibility index (Phi) is 9.75. The number of aromatic nitrogens is 2. The summed E-state index contributed by atoms with van der Waals surface area (Å²) in [6.07, 6.45) is 7.67. The van der Waals surface area contributed by atoms with Crippen molar-refractivity contribution in [1.29, 1.82) is 0 Å². The van der Waals surface area contributed by atoms with Crippen LogP contribution in [-0.4, -0.2) is 60.4 Å². The van der Waals surface area contributed by atoms with E-state index in [4.69, 9.17) is 15.5 Å². The molecule has 0 saturated carbocycles. The number of piperidine rings is 1. The van der Waals surface area contributed by atoms with Crippen LogP contribution in [0.2, 0.25) is 0 Å². The predicted molar refractivity (Wildman–Crippen MR) is 137 cm³/mol. The van der Waals surface area contributed by atoms with Gasteiger partial charge in [0.15, 0.2) is 0 Å². The molecule has 0 amide bonds. The summed E-state index contributed by atoms with van der Waals surface area (Å²) in [6.45, 7) is 12.0. The molecule has 8 heteroatoms. The fourth-order valence-electron chi connectivity index (χ4n) is 3.99. The van der Waals surface area contributed by atoms with Crippen molar-refractivity contribution in [2.24, 2.45) is 5.10 Å². The van der Waals surface area contributed by atoms with E-state index >= 15 is 0 Å². The van der Waals surface area contributed by atoms with Crippen molar-refractivity contribution in [2.75, 3.05) is 55.4 Å². The summed E-state index contributed by atoms with van der Waals surface area (Å²) in [4.78, 5) is 14.0. The zero-order valence-corrected chi connectivity index (χ0v) is 20.4. The number of nitrogens with zero attached hydrogens (tertiary/aromatic N) is 5. The van der Waals surface area contributed by atoms with Gasteiger partial charge in [-0.2, -0.15) is 15.1 Å². The lowest BCUT2D eigenvalue weighted by Gasteiger charge is -2.26. The molecular weight excluding hydrogens is 414 g/mol. The summed E-state index contributed by atoms with van der Waals surface area (Å²) in [5.41, 5.74) is 12.3. The molecule has 0 radical (unpaired) electrons. The minimum atomic E-state index is 0.401. The predicted octanol–water partition coefficient (Wildman–Crippen LogP) is 4.30. The molecule has 0 unspecified atom stereocenters. The highest BCUT2D eigenvalue weighted by atomic mass is 16.5. The number of benzene rings is 1. The van der Waals surface area contributed by atoms with Gasteiger partial charge in [-0.3, -0.25) is 10.3 Å². The first kappa shape index (κ1) is 24.8. The first-order valence-electron chi connectivity index (χ1n) is 12.2. The van der Waals surface area contributed by atoms with Crippen LogP contribution < -0.4 is 20.8 Å². The highest BCUT2D eigenvalue weighted by molar-refractivity contribution is 5.80. The van der Waals surface area contributed by atoms with E-state index in [-0.39, 0.29) is 0 Å². The first-order chi connectivity index (χ1) is 16.1. The Bertz CT molecular complexity index is 890. The lowest BCUT2D eigenvalue weighted by molar-refractivity contribution is 0.177. The van der Waals surface area contributed by atoms with E-state index in [1.807, 2.05) is 31.2 Å². The molecule has 2 aromatic rings. The van der Waals surface area contributed by atoms with Crippen LogP contribution >= 0.6 is 0 Å². The van der Waals surface area contributed by atoms with Gasteiger partial charge in [0, 0.05) is 25.7 Å². The van der Waals surface area contributed by atoms with Crippen molar-refractivity contribution in [2.45, 2.75) is 52.9 Å². The van der Waals surface area contributed by atoms with Gasteiger partial charge < -0.3 is 15.4 Å². The van der Waals surface area contributed by atoms with Gasteiger partial charge in [-0.1, -0.05) is 26.3 Å². The average molecular weight is 454 g/mol. The molecule has 3 rings (SSSR count). The lowest BCUT2D eigenvalue weighted by Crippen LogP contribution is -2.33. The number of rotatable bonds is 12. The molecule has 1 aromatic heterocycles. The number of hydrogen-bond donors (Lipinski definition) is 2. The Labute approximate surface area is 198 Å². The van der Waals surface area contributed by atoms with E-state index in [1.165, 1.54) is 19.3 Å². The molecule has 1 aliphatic rings. The summed E-state index contributed by atoms with van der Waals surface area (Å²) in [5, 5.41) is 4.37. The first-order valence-corrected chi connectivity index (χ1v) is 12.2. The molecule has 1 aliphatic heterocycles. The molecule has 0 bridgehead atoms. The van der Waals surface area contributed by atoms with Crippen LogP contribution in [0.3, 0.4) is 0 Å².